The molecule has 2 aromatic carbocycles. The first-order valence-electron chi connectivity index (χ1n) is 5.50. The minimum Gasteiger partial charge on any atom is -0.508 e. The van der Waals surface area contributed by atoms with Crippen LogP contribution in [-0.4, -0.2) is 10.1 Å². The molecule has 0 saturated heterocycles. The molecular formula is C14H10ClNOS. The maximum Gasteiger partial charge on any atom is 0.124 e. The highest BCUT2D eigenvalue weighted by molar-refractivity contribution is 7.22. The number of phenolic OH excluding ortho intramolecular Hbond substituents is 1. The molecule has 0 amide bonds. The van der Waals surface area contributed by atoms with Gasteiger partial charge in [0.2, 0.25) is 0 Å². The lowest BCUT2D eigenvalue weighted by Crippen LogP contribution is -1.81. The quantitative estimate of drug-likeness (QED) is 0.702. The Morgan fingerprint density at radius 1 is 1.22 bits per heavy atom. The number of aryl methyl sites for hydroxylation is 1. The maximum atomic E-state index is 9.43. The summed E-state index contributed by atoms with van der Waals surface area (Å²) in [5.74, 6) is 0.274. The molecule has 0 radical (unpaired) electrons. The highest BCUT2D eigenvalue weighted by Crippen LogP contribution is 2.36. The van der Waals surface area contributed by atoms with Crippen LogP contribution in [0.15, 0.2) is 36.4 Å². The largest absolute Gasteiger partial charge is 0.508 e. The summed E-state index contributed by atoms with van der Waals surface area (Å²) < 4.78 is 1.00. The summed E-state index contributed by atoms with van der Waals surface area (Å²) in [6.45, 7) is 1.96. The van der Waals surface area contributed by atoms with Crippen LogP contribution in [-0.2, 0) is 0 Å². The van der Waals surface area contributed by atoms with E-state index in [1.54, 1.807) is 23.5 Å². The Balaban J connectivity index is 2.23. The van der Waals surface area contributed by atoms with Gasteiger partial charge >= 0.3 is 0 Å². The minimum atomic E-state index is 0.274. The third kappa shape index (κ3) is 1.85. The molecule has 0 aliphatic heterocycles. The zero-order valence-electron chi connectivity index (χ0n) is 9.64. The first kappa shape index (κ1) is 11.5. The fraction of sp³-hybridized carbons (Fsp3) is 0.0714. The first-order valence-corrected chi connectivity index (χ1v) is 6.69. The van der Waals surface area contributed by atoms with E-state index in [1.807, 2.05) is 31.2 Å². The van der Waals surface area contributed by atoms with Crippen LogP contribution in [0.5, 0.6) is 5.75 Å². The Morgan fingerprint density at radius 3 is 2.78 bits per heavy atom. The van der Waals surface area contributed by atoms with E-state index >= 15 is 0 Å². The van der Waals surface area contributed by atoms with Crippen LogP contribution >= 0.6 is 22.9 Å². The van der Waals surface area contributed by atoms with Crippen molar-refractivity contribution in [1.29, 1.82) is 0 Å². The molecule has 1 heterocycles. The first-order chi connectivity index (χ1) is 8.65. The Kier molecular flexibility index (Phi) is 2.73. The molecule has 0 spiro atoms. The molecule has 3 aromatic rings. The summed E-state index contributed by atoms with van der Waals surface area (Å²) in [5, 5.41) is 11.1. The number of phenols is 1. The Morgan fingerprint density at radius 2 is 2.06 bits per heavy atom. The van der Waals surface area contributed by atoms with Crippen molar-refractivity contribution in [2.45, 2.75) is 6.92 Å². The van der Waals surface area contributed by atoms with Crippen LogP contribution in [0.3, 0.4) is 0 Å². The molecule has 0 aliphatic rings. The molecule has 0 fully saturated rings. The lowest BCUT2D eigenvalue weighted by atomic mass is 10.1. The number of thiazole rings is 1. The van der Waals surface area contributed by atoms with E-state index in [0.29, 0.717) is 0 Å². The van der Waals surface area contributed by atoms with Gasteiger partial charge in [0.05, 0.1) is 15.2 Å². The van der Waals surface area contributed by atoms with Crippen molar-refractivity contribution in [2.75, 3.05) is 0 Å². The summed E-state index contributed by atoms with van der Waals surface area (Å²) in [5.41, 5.74) is 2.95. The van der Waals surface area contributed by atoms with Crippen LogP contribution in [0.1, 0.15) is 5.56 Å². The number of nitrogens with zero attached hydrogens (tertiary/aromatic N) is 1. The Bertz CT molecular complexity index is 736. The standard InChI is InChI=1S/C14H10ClNOS/c1-8-7-9(17)5-6-10(8)14-16-12-4-2-3-11(15)13(12)18-14/h2-7,17H,1H3. The highest BCUT2D eigenvalue weighted by Gasteiger charge is 2.10. The van der Waals surface area contributed by atoms with Crippen molar-refractivity contribution >= 4 is 33.2 Å². The average Bonchev–Trinajstić information content (AvgIpc) is 2.74. The number of halogens is 1. The van der Waals surface area contributed by atoms with E-state index in [2.05, 4.69) is 4.98 Å². The van der Waals surface area contributed by atoms with Gasteiger partial charge in [-0.1, -0.05) is 17.7 Å². The number of rotatable bonds is 1. The number of aromatic nitrogens is 1. The fourth-order valence-corrected chi connectivity index (χ4v) is 3.26. The summed E-state index contributed by atoms with van der Waals surface area (Å²) in [7, 11) is 0. The smallest absolute Gasteiger partial charge is 0.124 e. The van der Waals surface area contributed by atoms with Crippen molar-refractivity contribution in [1.82, 2.24) is 4.98 Å². The third-order valence-corrected chi connectivity index (χ3v) is 4.37. The van der Waals surface area contributed by atoms with Gasteiger partial charge < -0.3 is 5.11 Å². The number of aromatic hydroxyl groups is 1. The van der Waals surface area contributed by atoms with Gasteiger partial charge in [-0.15, -0.1) is 11.3 Å². The molecule has 4 heteroatoms. The Hall–Kier alpha value is -1.58. The SMILES string of the molecule is Cc1cc(O)ccc1-c1nc2cccc(Cl)c2s1. The monoisotopic (exact) mass is 275 g/mol. The van der Waals surface area contributed by atoms with Crippen molar-refractivity contribution < 1.29 is 5.11 Å². The van der Waals surface area contributed by atoms with Crippen molar-refractivity contribution in [2.24, 2.45) is 0 Å². The topological polar surface area (TPSA) is 33.1 Å². The molecule has 18 heavy (non-hydrogen) atoms. The summed E-state index contributed by atoms with van der Waals surface area (Å²) in [6, 6.07) is 11.0. The summed E-state index contributed by atoms with van der Waals surface area (Å²) in [4.78, 5) is 4.59. The third-order valence-electron chi connectivity index (χ3n) is 2.81. The molecule has 1 N–H and O–H groups in total. The molecule has 0 unspecified atom stereocenters. The van der Waals surface area contributed by atoms with Crippen molar-refractivity contribution in [3.05, 3.63) is 47.0 Å². The molecule has 0 aliphatic carbocycles. The minimum absolute atomic E-state index is 0.274. The van der Waals surface area contributed by atoms with E-state index in [4.69, 9.17) is 11.6 Å². The molecule has 2 nitrogen and oxygen atoms in total. The van der Waals surface area contributed by atoms with Gasteiger partial charge in [0, 0.05) is 5.56 Å². The van der Waals surface area contributed by atoms with E-state index in [0.717, 1.165) is 31.4 Å². The zero-order valence-corrected chi connectivity index (χ0v) is 11.2. The van der Waals surface area contributed by atoms with Gasteiger partial charge in [-0.05, 0) is 42.8 Å². The number of benzene rings is 2. The van der Waals surface area contributed by atoms with E-state index in [1.165, 1.54) is 0 Å². The summed E-state index contributed by atoms with van der Waals surface area (Å²) >= 11 is 7.73. The fourth-order valence-electron chi connectivity index (χ4n) is 1.92. The average molecular weight is 276 g/mol. The van der Waals surface area contributed by atoms with Crippen LogP contribution in [0, 0.1) is 6.92 Å². The lowest BCUT2D eigenvalue weighted by Gasteiger charge is -2.01. The van der Waals surface area contributed by atoms with Crippen molar-refractivity contribution in [3.8, 4) is 16.3 Å². The van der Waals surface area contributed by atoms with Gasteiger partial charge in [0.1, 0.15) is 10.8 Å². The van der Waals surface area contributed by atoms with Crippen LogP contribution in [0.4, 0.5) is 0 Å². The Labute approximate surface area is 113 Å². The van der Waals surface area contributed by atoms with Crippen molar-refractivity contribution in [3.63, 3.8) is 0 Å². The van der Waals surface area contributed by atoms with E-state index in [9.17, 15) is 5.11 Å². The lowest BCUT2D eigenvalue weighted by molar-refractivity contribution is 0.475. The molecule has 0 bridgehead atoms. The molecule has 0 saturated carbocycles. The maximum absolute atomic E-state index is 9.43. The molecule has 1 aromatic heterocycles. The van der Waals surface area contributed by atoms with Crippen LogP contribution in [0.2, 0.25) is 5.02 Å². The second-order valence-electron chi connectivity index (χ2n) is 4.11. The number of fused-ring (bicyclic) bond motifs is 1. The predicted molar refractivity (Wildman–Crippen MR) is 76.5 cm³/mol. The molecule has 0 atom stereocenters. The predicted octanol–water partition coefficient (Wildman–Crippen LogP) is 4.63. The van der Waals surface area contributed by atoms with E-state index < -0.39 is 0 Å². The van der Waals surface area contributed by atoms with Crippen LogP contribution < -0.4 is 0 Å². The summed E-state index contributed by atoms with van der Waals surface area (Å²) in [6.07, 6.45) is 0. The highest BCUT2D eigenvalue weighted by atomic mass is 35.5. The zero-order chi connectivity index (χ0) is 12.7. The van der Waals surface area contributed by atoms with Gasteiger partial charge in [0.25, 0.3) is 0 Å². The van der Waals surface area contributed by atoms with Crippen LogP contribution in [0.25, 0.3) is 20.8 Å². The van der Waals surface area contributed by atoms with Gasteiger partial charge in [-0.3, -0.25) is 0 Å². The second-order valence-corrected chi connectivity index (χ2v) is 5.51. The van der Waals surface area contributed by atoms with Gasteiger partial charge in [0.15, 0.2) is 0 Å². The van der Waals surface area contributed by atoms with Gasteiger partial charge in [-0.2, -0.15) is 0 Å². The number of hydrogen-bond donors (Lipinski definition) is 1. The number of hydrogen-bond acceptors (Lipinski definition) is 3. The normalized spacial score (nSPS) is 11.0. The van der Waals surface area contributed by atoms with E-state index in [-0.39, 0.29) is 5.75 Å². The second kappa shape index (κ2) is 4.26. The molecule has 90 valence electrons. The molecular weight excluding hydrogens is 266 g/mol. The molecule has 3 rings (SSSR count). The van der Waals surface area contributed by atoms with Gasteiger partial charge in [-0.25, -0.2) is 4.98 Å².